The van der Waals surface area contributed by atoms with E-state index >= 15 is 0 Å². The number of aliphatic imine (C=N–C) groups is 1. The summed E-state index contributed by atoms with van der Waals surface area (Å²) in [6, 6.07) is 8.52. The molecule has 0 bridgehead atoms. The number of hydrogen-bond donors (Lipinski definition) is 2. The number of hydrogen-bond acceptors (Lipinski definition) is 2. The average molecular weight is 405 g/mol. The molecule has 0 fully saturated rings. The number of para-hydroxylation sites is 1. The molecule has 4 nitrogen and oxygen atoms in total. The van der Waals surface area contributed by atoms with Crippen molar-refractivity contribution in [1.82, 2.24) is 10.6 Å². The van der Waals surface area contributed by atoms with Crippen molar-refractivity contribution >= 4 is 29.9 Å². The molecular weight excluding hydrogens is 377 g/mol. The second-order valence-corrected chi connectivity index (χ2v) is 4.78. The summed E-state index contributed by atoms with van der Waals surface area (Å²) in [7, 11) is 1.71. The van der Waals surface area contributed by atoms with Gasteiger partial charge in [-0.1, -0.05) is 25.1 Å². The summed E-state index contributed by atoms with van der Waals surface area (Å²) in [5, 5.41) is 6.66. The molecule has 120 valence electrons. The van der Waals surface area contributed by atoms with E-state index in [-0.39, 0.29) is 24.0 Å². The monoisotopic (exact) mass is 405 g/mol. The number of benzene rings is 1. The number of halogens is 1. The fourth-order valence-corrected chi connectivity index (χ4v) is 1.85. The zero-order valence-corrected chi connectivity index (χ0v) is 15.8. The van der Waals surface area contributed by atoms with Crippen LogP contribution in [0.15, 0.2) is 29.3 Å². The molecule has 1 atom stereocenters. The van der Waals surface area contributed by atoms with Crippen molar-refractivity contribution in [3.05, 3.63) is 29.8 Å². The normalized spacial score (nSPS) is 12.3. The lowest BCUT2D eigenvalue weighted by atomic mass is 10.1. The van der Waals surface area contributed by atoms with Crippen molar-refractivity contribution in [3.63, 3.8) is 0 Å². The van der Waals surface area contributed by atoms with E-state index in [4.69, 9.17) is 4.74 Å². The lowest BCUT2D eigenvalue weighted by Gasteiger charge is -2.16. The van der Waals surface area contributed by atoms with Crippen LogP contribution in [0.3, 0.4) is 0 Å². The first kappa shape index (κ1) is 20.0. The van der Waals surface area contributed by atoms with Crippen molar-refractivity contribution in [2.45, 2.75) is 39.7 Å². The SMILES string of the molecule is CCNC(=NCCc1ccccc1OC)NC(C)CC.I. The number of nitrogens with zero attached hydrogens (tertiary/aromatic N) is 1. The van der Waals surface area contributed by atoms with Gasteiger partial charge >= 0.3 is 0 Å². The highest BCUT2D eigenvalue weighted by atomic mass is 127. The van der Waals surface area contributed by atoms with Crippen LogP contribution in [0.25, 0.3) is 0 Å². The molecular formula is C16H28IN3O. The first-order valence-electron chi connectivity index (χ1n) is 7.38. The third-order valence-electron chi connectivity index (χ3n) is 3.18. The maximum absolute atomic E-state index is 5.35. The highest BCUT2D eigenvalue weighted by molar-refractivity contribution is 14.0. The van der Waals surface area contributed by atoms with Crippen molar-refractivity contribution in [2.24, 2.45) is 4.99 Å². The average Bonchev–Trinajstić information content (AvgIpc) is 2.47. The van der Waals surface area contributed by atoms with E-state index in [1.165, 1.54) is 5.56 Å². The lowest BCUT2D eigenvalue weighted by molar-refractivity contribution is 0.410. The Kier molecular flexibility index (Phi) is 11.1. The van der Waals surface area contributed by atoms with Crippen LogP contribution in [0.5, 0.6) is 5.75 Å². The first-order valence-corrected chi connectivity index (χ1v) is 7.38. The number of nitrogens with one attached hydrogen (secondary N) is 2. The summed E-state index contributed by atoms with van der Waals surface area (Å²) >= 11 is 0. The molecule has 0 saturated carbocycles. The molecule has 0 radical (unpaired) electrons. The van der Waals surface area contributed by atoms with Crippen LogP contribution in [0.2, 0.25) is 0 Å². The van der Waals surface area contributed by atoms with E-state index in [9.17, 15) is 0 Å². The van der Waals surface area contributed by atoms with Gasteiger partial charge in [-0.25, -0.2) is 0 Å². The third kappa shape index (κ3) is 7.55. The Morgan fingerprint density at radius 3 is 2.62 bits per heavy atom. The van der Waals surface area contributed by atoms with Gasteiger partial charge in [0.05, 0.1) is 7.11 Å². The van der Waals surface area contributed by atoms with Crippen LogP contribution in [0, 0.1) is 0 Å². The number of methoxy groups -OCH3 is 1. The third-order valence-corrected chi connectivity index (χ3v) is 3.18. The van der Waals surface area contributed by atoms with Gasteiger partial charge in [-0.05, 0) is 38.3 Å². The fraction of sp³-hybridized carbons (Fsp3) is 0.562. The Morgan fingerprint density at radius 1 is 1.29 bits per heavy atom. The maximum Gasteiger partial charge on any atom is 0.191 e. The summed E-state index contributed by atoms with van der Waals surface area (Å²) in [6.07, 6.45) is 1.96. The van der Waals surface area contributed by atoms with E-state index in [1.807, 2.05) is 18.2 Å². The van der Waals surface area contributed by atoms with Crippen molar-refractivity contribution in [1.29, 1.82) is 0 Å². The summed E-state index contributed by atoms with van der Waals surface area (Å²) < 4.78 is 5.35. The highest BCUT2D eigenvalue weighted by Gasteiger charge is 2.03. The second-order valence-electron chi connectivity index (χ2n) is 4.78. The van der Waals surface area contributed by atoms with Gasteiger partial charge in [0.2, 0.25) is 0 Å². The predicted octanol–water partition coefficient (Wildman–Crippen LogP) is 3.21. The molecule has 5 heteroatoms. The van der Waals surface area contributed by atoms with Crippen LogP contribution in [0.1, 0.15) is 32.8 Å². The second kappa shape index (κ2) is 11.7. The van der Waals surface area contributed by atoms with E-state index < -0.39 is 0 Å². The van der Waals surface area contributed by atoms with Gasteiger partial charge in [0.15, 0.2) is 5.96 Å². The molecule has 21 heavy (non-hydrogen) atoms. The quantitative estimate of drug-likeness (QED) is 0.416. The zero-order valence-electron chi connectivity index (χ0n) is 13.5. The van der Waals surface area contributed by atoms with E-state index in [1.54, 1.807) is 7.11 Å². The molecule has 0 amide bonds. The molecule has 0 heterocycles. The molecule has 0 aliphatic carbocycles. The van der Waals surface area contributed by atoms with E-state index in [0.717, 1.165) is 37.6 Å². The van der Waals surface area contributed by atoms with Gasteiger partial charge in [-0.15, -0.1) is 24.0 Å². The summed E-state index contributed by atoms with van der Waals surface area (Å²) in [6.45, 7) is 8.01. The molecule has 0 aromatic heterocycles. The van der Waals surface area contributed by atoms with Crippen molar-refractivity contribution < 1.29 is 4.74 Å². The standard InChI is InChI=1S/C16H27N3O.HI/c1-5-13(3)19-16(17-6-2)18-12-11-14-9-7-8-10-15(14)20-4;/h7-10,13H,5-6,11-12H2,1-4H3,(H2,17,18,19);1H. The predicted molar refractivity (Wildman–Crippen MR) is 101 cm³/mol. The maximum atomic E-state index is 5.35. The summed E-state index contributed by atoms with van der Waals surface area (Å²) in [5.41, 5.74) is 1.19. The Morgan fingerprint density at radius 2 is 2.00 bits per heavy atom. The summed E-state index contributed by atoms with van der Waals surface area (Å²) in [5.74, 6) is 1.82. The molecule has 0 aliphatic heterocycles. The van der Waals surface area contributed by atoms with Crippen LogP contribution >= 0.6 is 24.0 Å². The molecule has 0 spiro atoms. The highest BCUT2D eigenvalue weighted by Crippen LogP contribution is 2.17. The van der Waals surface area contributed by atoms with Gasteiger partial charge in [-0.2, -0.15) is 0 Å². The van der Waals surface area contributed by atoms with Crippen LogP contribution in [-0.2, 0) is 6.42 Å². The van der Waals surface area contributed by atoms with Crippen molar-refractivity contribution in [2.75, 3.05) is 20.2 Å². The molecule has 1 unspecified atom stereocenters. The number of ether oxygens (including phenoxy) is 1. The molecule has 1 aromatic rings. The Labute approximate surface area is 145 Å². The van der Waals surface area contributed by atoms with E-state index in [0.29, 0.717) is 6.04 Å². The lowest BCUT2D eigenvalue weighted by Crippen LogP contribution is -2.42. The molecule has 1 aromatic carbocycles. The summed E-state index contributed by atoms with van der Waals surface area (Å²) in [4.78, 5) is 4.61. The molecule has 2 N–H and O–H groups in total. The van der Waals surface area contributed by atoms with E-state index in [2.05, 4.69) is 42.5 Å². The zero-order chi connectivity index (χ0) is 14.8. The van der Waals surface area contributed by atoms with Crippen LogP contribution < -0.4 is 15.4 Å². The minimum atomic E-state index is 0. The minimum absolute atomic E-state index is 0. The molecule has 0 saturated heterocycles. The van der Waals surface area contributed by atoms with Crippen molar-refractivity contribution in [3.8, 4) is 5.75 Å². The van der Waals surface area contributed by atoms with Gasteiger partial charge in [0.1, 0.15) is 5.75 Å². The van der Waals surface area contributed by atoms with Gasteiger partial charge in [0, 0.05) is 19.1 Å². The fourth-order valence-electron chi connectivity index (χ4n) is 1.85. The number of rotatable bonds is 7. The van der Waals surface area contributed by atoms with Gasteiger partial charge in [-0.3, -0.25) is 4.99 Å². The van der Waals surface area contributed by atoms with Crippen LogP contribution in [-0.4, -0.2) is 32.2 Å². The Hall–Kier alpha value is -0.980. The van der Waals surface area contributed by atoms with Crippen LogP contribution in [0.4, 0.5) is 0 Å². The Bertz CT molecular complexity index is 424. The number of guanidine groups is 1. The largest absolute Gasteiger partial charge is 0.496 e. The van der Waals surface area contributed by atoms with Gasteiger partial charge < -0.3 is 15.4 Å². The van der Waals surface area contributed by atoms with Gasteiger partial charge in [0.25, 0.3) is 0 Å². The smallest absolute Gasteiger partial charge is 0.191 e. The first-order chi connectivity index (χ1) is 9.71. The Balaban J connectivity index is 0.00000400. The molecule has 0 aliphatic rings. The minimum Gasteiger partial charge on any atom is -0.496 e. The topological polar surface area (TPSA) is 45.7 Å². The molecule has 1 rings (SSSR count).